The molecule has 114 valence electrons. The van der Waals surface area contributed by atoms with Crippen LogP contribution >= 0.6 is 0 Å². The molecule has 0 bridgehead atoms. The van der Waals surface area contributed by atoms with Gasteiger partial charge in [-0.1, -0.05) is 34.1 Å². The molecule has 0 saturated heterocycles. The second-order valence-electron chi connectivity index (χ2n) is 6.10. The number of nitrogens with zero attached hydrogens (tertiary/aromatic N) is 2. The molecule has 1 aromatic heterocycles. The zero-order valence-corrected chi connectivity index (χ0v) is 13.8. The van der Waals surface area contributed by atoms with E-state index in [1.165, 1.54) is 12.0 Å². The maximum Gasteiger partial charge on any atom is 0.128 e. The van der Waals surface area contributed by atoms with Crippen LogP contribution in [0.5, 0.6) is 0 Å². The SMILES string of the molecule is CCC(C)CN(CC)c1cc(CNCC(C)C)ccn1. The molecule has 0 amide bonds. The Morgan fingerprint density at radius 2 is 2.00 bits per heavy atom. The molecule has 0 fully saturated rings. The number of hydrogen-bond donors (Lipinski definition) is 1. The van der Waals surface area contributed by atoms with Crippen molar-refractivity contribution in [1.29, 1.82) is 0 Å². The quantitative estimate of drug-likeness (QED) is 0.746. The molecule has 0 aliphatic carbocycles. The normalized spacial score (nSPS) is 12.7. The predicted molar refractivity (Wildman–Crippen MR) is 88.1 cm³/mol. The van der Waals surface area contributed by atoms with Gasteiger partial charge < -0.3 is 10.2 Å². The highest BCUT2D eigenvalue weighted by atomic mass is 15.2. The van der Waals surface area contributed by atoms with Gasteiger partial charge in [0.25, 0.3) is 0 Å². The lowest BCUT2D eigenvalue weighted by Gasteiger charge is -2.25. The minimum atomic E-state index is 0.689. The average molecular weight is 277 g/mol. The van der Waals surface area contributed by atoms with Gasteiger partial charge in [0.05, 0.1) is 0 Å². The maximum atomic E-state index is 4.54. The van der Waals surface area contributed by atoms with E-state index in [0.717, 1.165) is 32.0 Å². The topological polar surface area (TPSA) is 28.2 Å². The third-order valence-corrected chi connectivity index (χ3v) is 3.63. The van der Waals surface area contributed by atoms with Gasteiger partial charge in [-0.2, -0.15) is 0 Å². The van der Waals surface area contributed by atoms with Crippen LogP contribution in [0, 0.1) is 11.8 Å². The third kappa shape index (κ3) is 5.91. The number of nitrogens with one attached hydrogen (secondary N) is 1. The van der Waals surface area contributed by atoms with E-state index < -0.39 is 0 Å². The monoisotopic (exact) mass is 277 g/mol. The molecule has 20 heavy (non-hydrogen) atoms. The van der Waals surface area contributed by atoms with Gasteiger partial charge in [0, 0.05) is 25.8 Å². The molecule has 0 saturated carbocycles. The standard InChI is InChI=1S/C17H31N3/c1-6-15(5)13-20(7-2)17-10-16(8-9-19-17)12-18-11-14(3)4/h8-10,14-15,18H,6-7,11-13H2,1-5H3. The van der Waals surface area contributed by atoms with Crippen LogP contribution in [0.3, 0.4) is 0 Å². The molecule has 1 unspecified atom stereocenters. The fourth-order valence-corrected chi connectivity index (χ4v) is 2.14. The summed E-state index contributed by atoms with van der Waals surface area (Å²) < 4.78 is 0. The van der Waals surface area contributed by atoms with E-state index in [2.05, 4.69) is 62.0 Å². The molecule has 1 N–H and O–H groups in total. The first-order valence-electron chi connectivity index (χ1n) is 7.97. The van der Waals surface area contributed by atoms with Crippen molar-refractivity contribution in [1.82, 2.24) is 10.3 Å². The Kier molecular flexibility index (Phi) is 7.60. The summed E-state index contributed by atoms with van der Waals surface area (Å²) in [6, 6.07) is 4.33. The van der Waals surface area contributed by atoms with E-state index in [1.54, 1.807) is 0 Å². The van der Waals surface area contributed by atoms with Crippen molar-refractivity contribution in [2.75, 3.05) is 24.5 Å². The molecule has 1 aromatic rings. The minimum Gasteiger partial charge on any atom is -0.357 e. The second kappa shape index (κ2) is 8.96. The van der Waals surface area contributed by atoms with Gasteiger partial charge >= 0.3 is 0 Å². The van der Waals surface area contributed by atoms with Gasteiger partial charge in [0.15, 0.2) is 0 Å². The van der Waals surface area contributed by atoms with Crippen LogP contribution in [0.4, 0.5) is 5.82 Å². The van der Waals surface area contributed by atoms with E-state index in [0.29, 0.717) is 11.8 Å². The molecule has 3 nitrogen and oxygen atoms in total. The summed E-state index contributed by atoms with van der Waals surface area (Å²) in [4.78, 5) is 6.91. The predicted octanol–water partition coefficient (Wildman–Crippen LogP) is 3.70. The van der Waals surface area contributed by atoms with Crippen LogP contribution in [0.1, 0.15) is 46.6 Å². The van der Waals surface area contributed by atoms with Crippen molar-refractivity contribution in [3.8, 4) is 0 Å². The van der Waals surface area contributed by atoms with Crippen molar-refractivity contribution in [3.05, 3.63) is 23.9 Å². The van der Waals surface area contributed by atoms with Crippen molar-refractivity contribution in [3.63, 3.8) is 0 Å². The Balaban J connectivity index is 2.64. The molecule has 0 spiro atoms. The third-order valence-electron chi connectivity index (χ3n) is 3.63. The van der Waals surface area contributed by atoms with E-state index >= 15 is 0 Å². The molecular weight excluding hydrogens is 246 g/mol. The second-order valence-corrected chi connectivity index (χ2v) is 6.10. The Morgan fingerprint density at radius 3 is 2.60 bits per heavy atom. The largest absolute Gasteiger partial charge is 0.357 e. The lowest BCUT2D eigenvalue weighted by Crippen LogP contribution is -2.29. The summed E-state index contributed by atoms with van der Waals surface area (Å²) in [7, 11) is 0. The minimum absolute atomic E-state index is 0.689. The molecule has 0 radical (unpaired) electrons. The van der Waals surface area contributed by atoms with E-state index in [9.17, 15) is 0 Å². The van der Waals surface area contributed by atoms with Crippen LogP contribution in [0.2, 0.25) is 0 Å². The van der Waals surface area contributed by atoms with E-state index in [1.807, 2.05) is 6.20 Å². The molecule has 3 heteroatoms. The van der Waals surface area contributed by atoms with Crippen LogP contribution in [-0.4, -0.2) is 24.6 Å². The van der Waals surface area contributed by atoms with Gasteiger partial charge in [-0.05, 0) is 43.0 Å². The maximum absolute atomic E-state index is 4.54. The zero-order chi connectivity index (χ0) is 15.0. The molecule has 0 aromatic carbocycles. The molecule has 0 aliphatic rings. The number of anilines is 1. The Morgan fingerprint density at radius 1 is 1.25 bits per heavy atom. The summed E-state index contributed by atoms with van der Waals surface area (Å²) in [5.41, 5.74) is 1.32. The first-order valence-corrected chi connectivity index (χ1v) is 7.97. The smallest absolute Gasteiger partial charge is 0.128 e. The molecular formula is C17H31N3. The highest BCUT2D eigenvalue weighted by Gasteiger charge is 2.10. The lowest BCUT2D eigenvalue weighted by molar-refractivity contribution is 0.543. The van der Waals surface area contributed by atoms with Crippen molar-refractivity contribution >= 4 is 5.82 Å². The van der Waals surface area contributed by atoms with Gasteiger partial charge in [-0.25, -0.2) is 4.98 Å². The fraction of sp³-hybridized carbons (Fsp3) is 0.706. The summed E-state index contributed by atoms with van der Waals surface area (Å²) in [5.74, 6) is 2.50. The summed E-state index contributed by atoms with van der Waals surface area (Å²) in [6.07, 6.45) is 3.15. The lowest BCUT2D eigenvalue weighted by atomic mass is 10.1. The van der Waals surface area contributed by atoms with Gasteiger partial charge in [0.1, 0.15) is 5.82 Å². The number of rotatable bonds is 9. The van der Waals surface area contributed by atoms with E-state index in [-0.39, 0.29) is 0 Å². The van der Waals surface area contributed by atoms with Crippen LogP contribution in [-0.2, 0) is 6.54 Å². The van der Waals surface area contributed by atoms with Crippen molar-refractivity contribution in [2.24, 2.45) is 11.8 Å². The first kappa shape index (κ1) is 17.0. The molecule has 1 atom stereocenters. The van der Waals surface area contributed by atoms with E-state index in [4.69, 9.17) is 0 Å². The van der Waals surface area contributed by atoms with Crippen LogP contribution in [0.25, 0.3) is 0 Å². The van der Waals surface area contributed by atoms with Gasteiger partial charge in [-0.15, -0.1) is 0 Å². The van der Waals surface area contributed by atoms with Crippen LogP contribution < -0.4 is 10.2 Å². The molecule has 1 rings (SSSR count). The average Bonchev–Trinajstić information content (AvgIpc) is 2.44. The van der Waals surface area contributed by atoms with Crippen LogP contribution in [0.15, 0.2) is 18.3 Å². The molecule has 1 heterocycles. The highest BCUT2D eigenvalue weighted by Crippen LogP contribution is 2.15. The number of pyridine rings is 1. The first-order chi connectivity index (χ1) is 9.56. The molecule has 0 aliphatic heterocycles. The summed E-state index contributed by atoms with van der Waals surface area (Å²) in [5, 5.41) is 3.49. The Bertz CT molecular complexity index is 376. The number of aromatic nitrogens is 1. The zero-order valence-electron chi connectivity index (χ0n) is 13.8. The van der Waals surface area contributed by atoms with Gasteiger partial charge in [-0.3, -0.25) is 0 Å². The Hall–Kier alpha value is -1.09. The highest BCUT2D eigenvalue weighted by molar-refractivity contribution is 5.40. The summed E-state index contributed by atoms with van der Waals surface area (Å²) >= 11 is 0. The van der Waals surface area contributed by atoms with Crippen molar-refractivity contribution < 1.29 is 0 Å². The fourth-order valence-electron chi connectivity index (χ4n) is 2.14. The van der Waals surface area contributed by atoms with Gasteiger partial charge in [0.2, 0.25) is 0 Å². The van der Waals surface area contributed by atoms with Crippen molar-refractivity contribution in [2.45, 2.75) is 47.6 Å². The number of hydrogen-bond acceptors (Lipinski definition) is 3. The summed E-state index contributed by atoms with van der Waals surface area (Å²) in [6.45, 7) is 15.3. The Labute approximate surface area is 124 Å².